The van der Waals surface area contributed by atoms with Gasteiger partial charge < -0.3 is 40.8 Å². The van der Waals surface area contributed by atoms with Gasteiger partial charge in [0.2, 0.25) is 5.69 Å². The van der Waals surface area contributed by atoms with E-state index in [9.17, 15) is 0 Å². The third kappa shape index (κ3) is 4.60. The third-order valence-electron chi connectivity index (χ3n) is 6.78. The van der Waals surface area contributed by atoms with Crippen LogP contribution in [0.3, 0.4) is 0 Å². The van der Waals surface area contributed by atoms with E-state index in [0.717, 1.165) is 79.2 Å². The highest BCUT2D eigenvalue weighted by molar-refractivity contribution is 5.95. The fourth-order valence-electron chi connectivity index (χ4n) is 5.16. The first-order valence-electron chi connectivity index (χ1n) is 11.8. The van der Waals surface area contributed by atoms with Gasteiger partial charge in [0.15, 0.2) is 42.0 Å². The maximum Gasteiger partial charge on any atom is 0.216 e. The molecule has 0 saturated carbocycles. The number of nitrogens with zero attached hydrogens (tertiary/aromatic N) is 1. The number of benzene rings is 2. The maximum absolute atomic E-state index is 5.86. The van der Waals surface area contributed by atoms with Gasteiger partial charge in [-0.05, 0) is 42.7 Å². The molecule has 35 heavy (non-hydrogen) atoms. The van der Waals surface area contributed by atoms with Crippen molar-refractivity contribution >= 4 is 10.8 Å². The molecule has 1 fully saturated rings. The zero-order valence-corrected chi connectivity index (χ0v) is 21.4. The Labute approximate surface area is 212 Å². The number of aryl methyl sites for hydroxylation is 3. The van der Waals surface area contributed by atoms with Crippen molar-refractivity contribution in [1.29, 1.82) is 0 Å². The molecule has 2 aliphatic rings. The third-order valence-corrected chi connectivity index (χ3v) is 6.78. The minimum atomic E-state index is -0.182. The first kappa shape index (κ1) is 25.4. The molecule has 8 heteroatoms. The summed E-state index contributed by atoms with van der Waals surface area (Å²) in [4.78, 5) is 0. The van der Waals surface area contributed by atoms with Gasteiger partial charge in [-0.25, -0.2) is 0 Å². The quantitative estimate of drug-likeness (QED) is 0.452. The average molecular weight is 502 g/mol. The van der Waals surface area contributed by atoms with E-state index in [1.165, 1.54) is 22.4 Å². The molecule has 3 heterocycles. The van der Waals surface area contributed by atoms with Crippen LogP contribution in [0.4, 0.5) is 0 Å². The maximum atomic E-state index is 5.86. The lowest BCUT2D eigenvalue weighted by Crippen LogP contribution is -3.00. The number of ether oxygens (including phenoxy) is 6. The summed E-state index contributed by atoms with van der Waals surface area (Å²) in [5.41, 5.74) is 4.85. The van der Waals surface area contributed by atoms with Gasteiger partial charge in [0.25, 0.3) is 0 Å². The summed E-state index contributed by atoms with van der Waals surface area (Å²) in [6, 6.07) is 8.31. The highest BCUT2D eigenvalue weighted by Gasteiger charge is 2.32. The molecule has 0 aliphatic carbocycles. The molecule has 0 bridgehead atoms. The van der Waals surface area contributed by atoms with Crippen LogP contribution < -0.4 is 35.9 Å². The molecule has 5 rings (SSSR count). The van der Waals surface area contributed by atoms with Gasteiger partial charge in [0.05, 0.1) is 52.6 Å². The number of hydrogen-bond donors (Lipinski definition) is 0. The molecule has 0 radical (unpaired) electrons. The zero-order valence-electron chi connectivity index (χ0n) is 20.7. The van der Waals surface area contributed by atoms with E-state index in [2.05, 4.69) is 29.0 Å². The highest BCUT2D eigenvalue weighted by atomic mass is 35.5. The lowest BCUT2D eigenvalue weighted by atomic mass is 9.89. The van der Waals surface area contributed by atoms with E-state index in [4.69, 9.17) is 28.4 Å². The van der Waals surface area contributed by atoms with Gasteiger partial charge in [-0.2, -0.15) is 4.57 Å². The summed E-state index contributed by atoms with van der Waals surface area (Å²) in [7, 11) is 6.72. The Bertz CT molecular complexity index is 1210. The molecule has 0 atom stereocenters. The van der Waals surface area contributed by atoms with E-state index >= 15 is 0 Å². The van der Waals surface area contributed by atoms with Gasteiger partial charge in [-0.15, -0.1) is 0 Å². The van der Waals surface area contributed by atoms with Gasteiger partial charge in [-0.1, -0.05) is 0 Å². The minimum Gasteiger partial charge on any atom is -1.00 e. The first-order valence-corrected chi connectivity index (χ1v) is 11.8. The summed E-state index contributed by atoms with van der Waals surface area (Å²) in [6.45, 7) is 2.35. The number of halogens is 1. The van der Waals surface area contributed by atoms with Gasteiger partial charge in [0.1, 0.15) is 0 Å². The lowest BCUT2D eigenvalue weighted by Gasteiger charge is -2.25. The van der Waals surface area contributed by atoms with Crippen molar-refractivity contribution in [2.24, 2.45) is 0 Å². The molecule has 0 unspecified atom stereocenters. The summed E-state index contributed by atoms with van der Waals surface area (Å²) in [6.07, 6.45) is 5.44. The second-order valence-electron chi connectivity index (χ2n) is 8.59. The van der Waals surface area contributed by atoms with Crippen molar-refractivity contribution in [2.75, 3.05) is 41.7 Å². The van der Waals surface area contributed by atoms with Crippen molar-refractivity contribution in [3.63, 3.8) is 0 Å². The van der Waals surface area contributed by atoms with Crippen molar-refractivity contribution in [3.05, 3.63) is 41.6 Å². The molecule has 0 spiro atoms. The van der Waals surface area contributed by atoms with Crippen LogP contribution in [-0.4, -0.2) is 47.9 Å². The summed E-state index contributed by atoms with van der Waals surface area (Å²) in [5, 5.41) is 2.18. The Kier molecular flexibility index (Phi) is 7.89. The van der Waals surface area contributed by atoms with Gasteiger partial charge >= 0.3 is 0 Å². The Morgan fingerprint density at radius 2 is 1.60 bits per heavy atom. The number of fused-ring (bicyclic) bond motifs is 4. The van der Waals surface area contributed by atoms with E-state index in [1.54, 1.807) is 28.4 Å². The predicted molar refractivity (Wildman–Crippen MR) is 128 cm³/mol. The molecule has 1 saturated heterocycles. The van der Waals surface area contributed by atoms with E-state index in [1.807, 2.05) is 6.07 Å². The van der Waals surface area contributed by atoms with Crippen LogP contribution >= 0.6 is 0 Å². The van der Waals surface area contributed by atoms with Gasteiger partial charge in [-0.3, -0.25) is 0 Å². The van der Waals surface area contributed by atoms with E-state index < -0.39 is 0 Å². The number of methoxy groups -OCH3 is 4. The molecule has 1 aromatic heterocycles. The smallest absolute Gasteiger partial charge is 0.216 e. The van der Waals surface area contributed by atoms with Crippen LogP contribution in [0.15, 0.2) is 30.5 Å². The van der Waals surface area contributed by atoms with Crippen LogP contribution in [0.2, 0.25) is 0 Å². The Morgan fingerprint density at radius 1 is 0.886 bits per heavy atom. The molecule has 0 N–H and O–H groups in total. The lowest BCUT2D eigenvalue weighted by molar-refractivity contribution is -0.686. The minimum absolute atomic E-state index is 0. The zero-order chi connectivity index (χ0) is 23.7. The first-order chi connectivity index (χ1) is 16.7. The number of hydrogen-bond acceptors (Lipinski definition) is 6. The normalized spacial score (nSPS) is 15.1. The van der Waals surface area contributed by atoms with Crippen molar-refractivity contribution in [3.8, 4) is 34.3 Å². The molecule has 7 nitrogen and oxygen atoms in total. The van der Waals surface area contributed by atoms with Crippen LogP contribution in [0.25, 0.3) is 22.0 Å². The summed E-state index contributed by atoms with van der Waals surface area (Å²) >= 11 is 0. The molecule has 188 valence electrons. The van der Waals surface area contributed by atoms with Crippen LogP contribution in [0, 0.1) is 0 Å². The predicted octanol–water partition coefficient (Wildman–Crippen LogP) is 1.08. The van der Waals surface area contributed by atoms with Gasteiger partial charge in [0, 0.05) is 23.8 Å². The molecular weight excluding hydrogens is 470 g/mol. The topological polar surface area (TPSA) is 59.3 Å². The molecule has 2 aromatic carbocycles. The van der Waals surface area contributed by atoms with Crippen LogP contribution in [-0.2, 0) is 28.9 Å². The second kappa shape index (κ2) is 10.9. The summed E-state index contributed by atoms with van der Waals surface area (Å²) < 4.78 is 36.7. The molecule has 3 aromatic rings. The monoisotopic (exact) mass is 501 g/mol. The second-order valence-corrected chi connectivity index (χ2v) is 8.59. The largest absolute Gasteiger partial charge is 1.00 e. The number of rotatable bonds is 7. The fourth-order valence-corrected chi connectivity index (χ4v) is 5.16. The van der Waals surface area contributed by atoms with Crippen molar-refractivity contribution < 1.29 is 45.4 Å². The SMILES string of the molecule is COc1cc2c(cc1OC)-c1c(CCC3OCCCO3)c3ccc(OC)c(OC)c3c[n+]1CC2.[Cl-]. The van der Waals surface area contributed by atoms with E-state index in [-0.39, 0.29) is 18.7 Å². The summed E-state index contributed by atoms with van der Waals surface area (Å²) in [5.74, 6) is 2.96. The molecule has 0 amide bonds. The Morgan fingerprint density at radius 3 is 2.29 bits per heavy atom. The standard InChI is InChI=1S/C27H32NO6.ClH/c1-29-22-8-6-18-19(7-9-25-33-12-5-13-34-25)26-20-15-24(31-3)23(30-2)14-17(20)10-11-28(26)16-21(18)27(22)32-4;/h6,8,14-16,25H,5,7,9-13H2,1-4H3;1H/q+1;/p-1. The van der Waals surface area contributed by atoms with Crippen molar-refractivity contribution in [1.82, 2.24) is 0 Å². The number of aromatic nitrogens is 1. The number of pyridine rings is 1. The molecular formula is C27H32ClNO6. The van der Waals surface area contributed by atoms with Crippen LogP contribution in [0.5, 0.6) is 23.0 Å². The average Bonchev–Trinajstić information content (AvgIpc) is 2.89. The Balaban J connectivity index is 0.00000289. The van der Waals surface area contributed by atoms with Crippen molar-refractivity contribution in [2.45, 2.75) is 38.5 Å². The Hall–Kier alpha value is -2.74. The highest BCUT2D eigenvalue weighted by Crippen LogP contribution is 2.42. The fraction of sp³-hybridized carbons (Fsp3) is 0.444. The van der Waals surface area contributed by atoms with E-state index in [0.29, 0.717) is 0 Å². The van der Waals surface area contributed by atoms with Crippen LogP contribution in [0.1, 0.15) is 24.0 Å². The molecule has 2 aliphatic heterocycles.